The second kappa shape index (κ2) is 3.95. The first kappa shape index (κ1) is 11.5. The van der Waals surface area contributed by atoms with Crippen LogP contribution in [0.2, 0.25) is 0 Å². The first-order valence-corrected chi connectivity index (χ1v) is 7.25. The molecule has 0 aromatic heterocycles. The minimum Gasteiger partial charge on any atom is -0.355 e. The van der Waals surface area contributed by atoms with Crippen LogP contribution in [0.4, 0.5) is 11.4 Å². The SMILES string of the molecule is O=P(O)(O)C1c2ccccc2Nc2ccccc21. The Labute approximate surface area is 104 Å². The smallest absolute Gasteiger partial charge is 0.337 e. The molecule has 0 saturated heterocycles. The van der Waals surface area contributed by atoms with Crippen LogP contribution in [0.1, 0.15) is 16.8 Å². The van der Waals surface area contributed by atoms with E-state index in [2.05, 4.69) is 5.32 Å². The lowest BCUT2D eigenvalue weighted by molar-refractivity contribution is 0.364. The summed E-state index contributed by atoms with van der Waals surface area (Å²) in [6.07, 6.45) is 0. The van der Waals surface area contributed by atoms with E-state index < -0.39 is 13.3 Å². The topological polar surface area (TPSA) is 69.6 Å². The van der Waals surface area contributed by atoms with Crippen molar-refractivity contribution in [2.24, 2.45) is 0 Å². The van der Waals surface area contributed by atoms with E-state index in [0.29, 0.717) is 11.1 Å². The molecule has 0 unspecified atom stereocenters. The summed E-state index contributed by atoms with van der Waals surface area (Å²) >= 11 is 0. The Morgan fingerprint density at radius 1 is 0.889 bits per heavy atom. The van der Waals surface area contributed by atoms with Gasteiger partial charge in [0.25, 0.3) is 0 Å². The Hall–Kier alpha value is -1.61. The normalized spacial score (nSPS) is 14.6. The Kier molecular flexibility index (Phi) is 2.52. The average Bonchev–Trinajstić information content (AvgIpc) is 2.34. The quantitative estimate of drug-likeness (QED) is 0.690. The Morgan fingerprint density at radius 2 is 1.33 bits per heavy atom. The highest BCUT2D eigenvalue weighted by Crippen LogP contribution is 2.60. The molecule has 0 saturated carbocycles. The van der Waals surface area contributed by atoms with Crippen molar-refractivity contribution in [3.63, 3.8) is 0 Å². The second-order valence-electron chi connectivity index (χ2n) is 4.29. The number of rotatable bonds is 1. The third-order valence-electron chi connectivity index (χ3n) is 3.12. The van der Waals surface area contributed by atoms with Gasteiger partial charge in [-0.25, -0.2) is 0 Å². The van der Waals surface area contributed by atoms with Crippen LogP contribution in [0.5, 0.6) is 0 Å². The van der Waals surface area contributed by atoms with Crippen molar-refractivity contribution in [2.45, 2.75) is 5.66 Å². The van der Waals surface area contributed by atoms with Crippen molar-refractivity contribution in [3.05, 3.63) is 59.7 Å². The zero-order chi connectivity index (χ0) is 12.8. The van der Waals surface area contributed by atoms with Gasteiger partial charge in [-0.2, -0.15) is 0 Å². The molecule has 2 aromatic rings. The van der Waals surface area contributed by atoms with Crippen molar-refractivity contribution < 1.29 is 14.4 Å². The Bertz CT molecular complexity index is 605. The molecule has 0 bridgehead atoms. The Morgan fingerprint density at radius 3 is 1.78 bits per heavy atom. The van der Waals surface area contributed by atoms with E-state index in [1.54, 1.807) is 24.3 Å². The molecular weight excluding hydrogens is 249 g/mol. The largest absolute Gasteiger partial charge is 0.355 e. The van der Waals surface area contributed by atoms with Gasteiger partial charge in [0.15, 0.2) is 0 Å². The molecule has 5 heteroatoms. The highest BCUT2D eigenvalue weighted by Gasteiger charge is 2.37. The summed E-state index contributed by atoms with van der Waals surface area (Å²) in [5, 5.41) is 3.20. The molecule has 0 atom stereocenters. The van der Waals surface area contributed by atoms with E-state index in [-0.39, 0.29) is 0 Å². The molecule has 1 heterocycles. The number of hydrogen-bond donors (Lipinski definition) is 3. The maximum Gasteiger partial charge on any atom is 0.337 e. The van der Waals surface area contributed by atoms with Crippen LogP contribution in [0.15, 0.2) is 48.5 Å². The van der Waals surface area contributed by atoms with E-state index in [1.807, 2.05) is 24.3 Å². The molecule has 0 fully saturated rings. The van der Waals surface area contributed by atoms with Gasteiger partial charge < -0.3 is 15.1 Å². The third-order valence-corrected chi connectivity index (χ3v) is 4.35. The standard InChI is InChI=1S/C13H12NO3P/c15-18(16,17)13-9-5-1-3-7-11(9)14-12-8-4-2-6-10(12)13/h1-8,13-14H,(H2,15,16,17). The summed E-state index contributed by atoms with van der Waals surface area (Å²) in [5.74, 6) is 0. The number of nitrogens with one attached hydrogen (secondary N) is 1. The fourth-order valence-electron chi connectivity index (χ4n) is 2.37. The lowest BCUT2D eigenvalue weighted by Crippen LogP contribution is -2.13. The first-order chi connectivity index (χ1) is 8.57. The number of benzene rings is 2. The molecule has 18 heavy (non-hydrogen) atoms. The fraction of sp³-hybridized carbons (Fsp3) is 0.0769. The van der Waals surface area contributed by atoms with Crippen LogP contribution in [0.25, 0.3) is 0 Å². The molecule has 0 amide bonds. The zero-order valence-corrected chi connectivity index (χ0v) is 10.3. The summed E-state index contributed by atoms with van der Waals surface area (Å²) in [6, 6.07) is 14.4. The van der Waals surface area contributed by atoms with Gasteiger partial charge in [0.05, 0.1) is 0 Å². The van der Waals surface area contributed by atoms with Crippen molar-refractivity contribution >= 4 is 19.0 Å². The van der Waals surface area contributed by atoms with Gasteiger partial charge in [-0.05, 0) is 23.3 Å². The number of anilines is 2. The van der Waals surface area contributed by atoms with Gasteiger partial charge in [0, 0.05) is 11.4 Å². The summed E-state index contributed by atoms with van der Waals surface area (Å²) in [6.45, 7) is 0. The average molecular weight is 261 g/mol. The van der Waals surface area contributed by atoms with Gasteiger partial charge in [-0.15, -0.1) is 0 Å². The minimum atomic E-state index is -4.25. The summed E-state index contributed by atoms with van der Waals surface area (Å²) in [4.78, 5) is 19.2. The predicted octanol–water partition coefficient (Wildman–Crippen LogP) is 3.01. The molecule has 0 spiro atoms. The molecule has 1 aliphatic rings. The van der Waals surface area contributed by atoms with Crippen molar-refractivity contribution in [1.29, 1.82) is 0 Å². The molecule has 2 aromatic carbocycles. The molecule has 0 aliphatic carbocycles. The number of fused-ring (bicyclic) bond motifs is 2. The maximum atomic E-state index is 11.8. The number of hydrogen-bond acceptors (Lipinski definition) is 2. The monoisotopic (exact) mass is 261 g/mol. The minimum absolute atomic E-state index is 0.643. The molecule has 4 nitrogen and oxygen atoms in total. The summed E-state index contributed by atoms with van der Waals surface area (Å²) in [7, 11) is -4.25. The van der Waals surface area contributed by atoms with Crippen LogP contribution < -0.4 is 5.32 Å². The molecular formula is C13H12NO3P. The molecule has 92 valence electrons. The van der Waals surface area contributed by atoms with Crippen molar-refractivity contribution in [2.75, 3.05) is 5.32 Å². The highest BCUT2D eigenvalue weighted by molar-refractivity contribution is 7.52. The molecule has 0 radical (unpaired) electrons. The number of para-hydroxylation sites is 2. The predicted molar refractivity (Wildman–Crippen MR) is 70.1 cm³/mol. The molecule has 3 rings (SSSR count). The van der Waals surface area contributed by atoms with Gasteiger partial charge in [0.2, 0.25) is 0 Å². The highest BCUT2D eigenvalue weighted by atomic mass is 31.2. The van der Waals surface area contributed by atoms with E-state index in [9.17, 15) is 14.4 Å². The lowest BCUT2D eigenvalue weighted by Gasteiger charge is -2.29. The van der Waals surface area contributed by atoms with Crippen LogP contribution in [-0.2, 0) is 4.57 Å². The molecule has 1 aliphatic heterocycles. The van der Waals surface area contributed by atoms with E-state index in [0.717, 1.165) is 11.4 Å². The van der Waals surface area contributed by atoms with Crippen LogP contribution >= 0.6 is 7.60 Å². The molecule has 3 N–H and O–H groups in total. The van der Waals surface area contributed by atoms with E-state index in [4.69, 9.17) is 0 Å². The Balaban J connectivity index is 2.27. The summed E-state index contributed by atoms with van der Waals surface area (Å²) in [5.41, 5.74) is 1.91. The van der Waals surface area contributed by atoms with E-state index >= 15 is 0 Å². The van der Waals surface area contributed by atoms with Crippen LogP contribution in [0, 0.1) is 0 Å². The third kappa shape index (κ3) is 1.75. The van der Waals surface area contributed by atoms with Crippen molar-refractivity contribution in [3.8, 4) is 0 Å². The van der Waals surface area contributed by atoms with Crippen molar-refractivity contribution in [1.82, 2.24) is 0 Å². The van der Waals surface area contributed by atoms with Gasteiger partial charge in [0.1, 0.15) is 5.66 Å². The van der Waals surface area contributed by atoms with E-state index in [1.165, 1.54) is 0 Å². The lowest BCUT2D eigenvalue weighted by atomic mass is 9.97. The van der Waals surface area contributed by atoms with Gasteiger partial charge >= 0.3 is 7.60 Å². The van der Waals surface area contributed by atoms with Crippen LogP contribution in [0.3, 0.4) is 0 Å². The van der Waals surface area contributed by atoms with Crippen LogP contribution in [-0.4, -0.2) is 9.79 Å². The first-order valence-electron chi connectivity index (χ1n) is 5.57. The zero-order valence-electron chi connectivity index (χ0n) is 9.45. The summed E-state index contributed by atoms with van der Waals surface area (Å²) < 4.78 is 11.8. The van der Waals surface area contributed by atoms with Gasteiger partial charge in [-0.3, -0.25) is 4.57 Å². The second-order valence-corrected chi connectivity index (χ2v) is 5.99. The fourth-order valence-corrected chi connectivity index (χ4v) is 3.55. The maximum absolute atomic E-state index is 11.8. The van der Waals surface area contributed by atoms with Gasteiger partial charge in [-0.1, -0.05) is 36.4 Å².